The molecule has 0 radical (unpaired) electrons. The number of fused-ring (bicyclic) bond motifs is 1. The smallest absolute Gasteiger partial charge is 0.0715 e. The van der Waals surface area contributed by atoms with E-state index in [9.17, 15) is 0 Å². The van der Waals surface area contributed by atoms with E-state index >= 15 is 0 Å². The third kappa shape index (κ3) is 3.62. The lowest BCUT2D eigenvalue weighted by molar-refractivity contribution is 1.14. The molecule has 0 bridgehead atoms. The minimum Gasteiger partial charge on any atom is -0.248 e. The van der Waals surface area contributed by atoms with Crippen LogP contribution in [-0.2, 0) is 6.42 Å². The Labute approximate surface area is 177 Å². The lowest BCUT2D eigenvalue weighted by Crippen LogP contribution is -1.92. The van der Waals surface area contributed by atoms with Gasteiger partial charge in [0.25, 0.3) is 0 Å². The molecule has 0 aliphatic heterocycles. The van der Waals surface area contributed by atoms with E-state index in [1.165, 1.54) is 27.5 Å². The van der Waals surface area contributed by atoms with Crippen molar-refractivity contribution in [1.82, 2.24) is 4.98 Å². The van der Waals surface area contributed by atoms with E-state index in [0.29, 0.717) is 0 Å². The summed E-state index contributed by atoms with van der Waals surface area (Å²) in [6.45, 7) is 2.20. The second-order valence-electron chi connectivity index (χ2n) is 7.61. The monoisotopic (exact) mass is 385 g/mol. The summed E-state index contributed by atoms with van der Waals surface area (Å²) in [6.07, 6.45) is 1.03. The number of nitrogens with zero attached hydrogens (tertiary/aromatic N) is 1. The SMILES string of the molecule is CCc1cccc(-c2cc(-c3ccccc3)nc(-c3ccc4ccccc4c3)c2)c1. The van der Waals surface area contributed by atoms with Gasteiger partial charge < -0.3 is 0 Å². The lowest BCUT2D eigenvalue weighted by atomic mass is 9.97. The fourth-order valence-electron chi connectivity index (χ4n) is 3.92. The highest BCUT2D eigenvalue weighted by Crippen LogP contribution is 2.31. The van der Waals surface area contributed by atoms with Crippen LogP contribution in [0.15, 0.2) is 109 Å². The highest BCUT2D eigenvalue weighted by Gasteiger charge is 2.10. The van der Waals surface area contributed by atoms with E-state index in [1.807, 2.05) is 6.07 Å². The molecule has 0 unspecified atom stereocenters. The Morgan fingerprint density at radius 3 is 2.00 bits per heavy atom. The number of aryl methyl sites for hydroxylation is 1. The second-order valence-corrected chi connectivity index (χ2v) is 7.61. The van der Waals surface area contributed by atoms with Gasteiger partial charge in [0.1, 0.15) is 0 Å². The third-order valence-corrected chi connectivity index (χ3v) is 5.61. The van der Waals surface area contributed by atoms with Crippen molar-refractivity contribution in [3.8, 4) is 33.6 Å². The predicted molar refractivity (Wildman–Crippen MR) is 127 cm³/mol. The summed E-state index contributed by atoms with van der Waals surface area (Å²) in [4.78, 5) is 5.05. The molecule has 0 N–H and O–H groups in total. The van der Waals surface area contributed by atoms with Crippen molar-refractivity contribution in [3.63, 3.8) is 0 Å². The molecule has 5 rings (SSSR count). The maximum atomic E-state index is 5.05. The van der Waals surface area contributed by atoms with Gasteiger partial charge in [-0.25, -0.2) is 4.98 Å². The van der Waals surface area contributed by atoms with E-state index in [-0.39, 0.29) is 0 Å². The maximum Gasteiger partial charge on any atom is 0.0715 e. The molecular weight excluding hydrogens is 362 g/mol. The van der Waals surface area contributed by atoms with Gasteiger partial charge in [-0.05, 0) is 52.1 Å². The maximum absolute atomic E-state index is 5.05. The molecule has 0 saturated heterocycles. The molecule has 0 spiro atoms. The van der Waals surface area contributed by atoms with Gasteiger partial charge in [0.15, 0.2) is 0 Å². The Balaban J connectivity index is 1.71. The first-order valence-electron chi connectivity index (χ1n) is 10.5. The van der Waals surface area contributed by atoms with Gasteiger partial charge in [-0.1, -0.05) is 97.9 Å². The van der Waals surface area contributed by atoms with Crippen molar-refractivity contribution in [1.29, 1.82) is 0 Å². The summed E-state index contributed by atoms with van der Waals surface area (Å²) < 4.78 is 0. The van der Waals surface area contributed by atoms with Crippen LogP contribution in [0.5, 0.6) is 0 Å². The molecule has 0 fully saturated rings. The molecule has 0 aliphatic carbocycles. The van der Waals surface area contributed by atoms with E-state index in [2.05, 4.69) is 110 Å². The standard InChI is InChI=1S/C29H23N/c1-2-21-9-8-14-24(17-21)27-19-28(23-11-4-3-5-12-23)30-29(20-27)26-16-15-22-10-6-7-13-25(22)18-26/h3-20H,2H2,1H3. The first-order chi connectivity index (χ1) is 14.8. The molecule has 0 atom stereocenters. The molecule has 1 heterocycles. The Morgan fingerprint density at radius 1 is 0.500 bits per heavy atom. The number of rotatable bonds is 4. The van der Waals surface area contributed by atoms with Crippen LogP contribution in [0.2, 0.25) is 0 Å². The van der Waals surface area contributed by atoms with Crippen LogP contribution in [0, 0.1) is 0 Å². The van der Waals surface area contributed by atoms with Gasteiger partial charge in [-0.15, -0.1) is 0 Å². The minimum absolute atomic E-state index is 0.998. The molecular formula is C29H23N. The third-order valence-electron chi connectivity index (χ3n) is 5.61. The number of pyridine rings is 1. The normalized spacial score (nSPS) is 11.0. The zero-order valence-electron chi connectivity index (χ0n) is 17.0. The summed E-state index contributed by atoms with van der Waals surface area (Å²) >= 11 is 0. The van der Waals surface area contributed by atoms with Crippen LogP contribution in [0.1, 0.15) is 12.5 Å². The lowest BCUT2D eigenvalue weighted by Gasteiger charge is -2.11. The van der Waals surface area contributed by atoms with Crippen LogP contribution in [0.4, 0.5) is 0 Å². The van der Waals surface area contributed by atoms with Crippen molar-refractivity contribution < 1.29 is 0 Å². The van der Waals surface area contributed by atoms with Gasteiger partial charge in [-0.3, -0.25) is 0 Å². The molecule has 1 heteroatoms. The van der Waals surface area contributed by atoms with Crippen LogP contribution >= 0.6 is 0 Å². The molecule has 144 valence electrons. The van der Waals surface area contributed by atoms with Crippen molar-refractivity contribution in [2.24, 2.45) is 0 Å². The molecule has 0 saturated carbocycles. The summed E-state index contributed by atoms with van der Waals surface area (Å²) in [5.41, 5.74) is 8.04. The average molecular weight is 386 g/mol. The van der Waals surface area contributed by atoms with Crippen molar-refractivity contribution >= 4 is 10.8 Å². The van der Waals surface area contributed by atoms with Crippen molar-refractivity contribution in [2.75, 3.05) is 0 Å². The quantitative estimate of drug-likeness (QED) is 0.307. The fourth-order valence-corrected chi connectivity index (χ4v) is 3.92. The van der Waals surface area contributed by atoms with E-state index in [4.69, 9.17) is 4.98 Å². The number of hydrogen-bond donors (Lipinski definition) is 0. The molecule has 4 aromatic carbocycles. The van der Waals surface area contributed by atoms with Crippen molar-refractivity contribution in [3.05, 3.63) is 115 Å². The van der Waals surface area contributed by atoms with E-state index in [1.54, 1.807) is 0 Å². The van der Waals surface area contributed by atoms with Crippen LogP contribution < -0.4 is 0 Å². The highest BCUT2D eigenvalue weighted by molar-refractivity contribution is 5.87. The molecule has 0 amide bonds. The zero-order chi connectivity index (χ0) is 20.3. The minimum atomic E-state index is 0.998. The van der Waals surface area contributed by atoms with Gasteiger partial charge in [0.05, 0.1) is 11.4 Å². The molecule has 5 aromatic rings. The molecule has 1 nitrogen and oxygen atoms in total. The Morgan fingerprint density at radius 2 is 1.20 bits per heavy atom. The summed E-state index contributed by atoms with van der Waals surface area (Å²) in [7, 11) is 0. The summed E-state index contributed by atoms with van der Waals surface area (Å²) in [5.74, 6) is 0. The van der Waals surface area contributed by atoms with Crippen LogP contribution in [-0.4, -0.2) is 4.98 Å². The van der Waals surface area contributed by atoms with E-state index in [0.717, 1.165) is 28.9 Å². The Hall–Kier alpha value is -3.71. The Kier molecular flexibility index (Phi) is 4.86. The fraction of sp³-hybridized carbons (Fsp3) is 0.0690. The van der Waals surface area contributed by atoms with Gasteiger partial charge in [-0.2, -0.15) is 0 Å². The number of benzene rings is 4. The molecule has 30 heavy (non-hydrogen) atoms. The number of hydrogen-bond acceptors (Lipinski definition) is 1. The topological polar surface area (TPSA) is 12.9 Å². The van der Waals surface area contributed by atoms with E-state index < -0.39 is 0 Å². The first-order valence-corrected chi connectivity index (χ1v) is 10.5. The zero-order valence-corrected chi connectivity index (χ0v) is 17.0. The summed E-state index contributed by atoms with van der Waals surface area (Å²) in [5, 5.41) is 2.48. The molecule has 0 aliphatic rings. The Bertz CT molecular complexity index is 1320. The van der Waals surface area contributed by atoms with Crippen LogP contribution in [0.25, 0.3) is 44.4 Å². The van der Waals surface area contributed by atoms with Crippen molar-refractivity contribution in [2.45, 2.75) is 13.3 Å². The van der Waals surface area contributed by atoms with Gasteiger partial charge in [0.2, 0.25) is 0 Å². The number of aromatic nitrogens is 1. The first kappa shape index (κ1) is 18.3. The van der Waals surface area contributed by atoms with Gasteiger partial charge in [0, 0.05) is 11.1 Å². The highest BCUT2D eigenvalue weighted by atomic mass is 14.7. The molecule has 1 aromatic heterocycles. The average Bonchev–Trinajstić information content (AvgIpc) is 2.84. The second kappa shape index (κ2) is 7.96. The van der Waals surface area contributed by atoms with Gasteiger partial charge >= 0.3 is 0 Å². The van der Waals surface area contributed by atoms with Crippen LogP contribution in [0.3, 0.4) is 0 Å². The predicted octanol–water partition coefficient (Wildman–Crippen LogP) is 7.80. The summed E-state index contributed by atoms with van der Waals surface area (Å²) in [6, 6.07) is 38.7. The largest absolute Gasteiger partial charge is 0.248 e.